The first-order chi connectivity index (χ1) is 10.1. The lowest BCUT2D eigenvalue weighted by Gasteiger charge is -2.42. The van der Waals surface area contributed by atoms with Crippen LogP contribution in [0.4, 0.5) is 0 Å². The number of carbonyl (C=O) groups excluding carboxylic acids is 1. The van der Waals surface area contributed by atoms with Gasteiger partial charge in [0.2, 0.25) is 0 Å². The number of benzene rings is 1. The Morgan fingerprint density at radius 3 is 2.67 bits per heavy atom. The molecule has 0 bridgehead atoms. The summed E-state index contributed by atoms with van der Waals surface area (Å²) < 4.78 is 5.40. The highest BCUT2D eigenvalue weighted by Crippen LogP contribution is 2.33. The third kappa shape index (κ3) is 3.56. The van der Waals surface area contributed by atoms with Crippen molar-refractivity contribution in [2.45, 2.75) is 45.1 Å². The Bertz CT molecular complexity index is 472. The van der Waals surface area contributed by atoms with Gasteiger partial charge < -0.3 is 15.8 Å². The van der Waals surface area contributed by atoms with Crippen molar-refractivity contribution < 1.29 is 9.53 Å². The summed E-state index contributed by atoms with van der Waals surface area (Å²) in [6, 6.07) is 7.27. The summed E-state index contributed by atoms with van der Waals surface area (Å²) >= 11 is 0. The number of nitrogens with one attached hydrogen (secondary N) is 1. The van der Waals surface area contributed by atoms with Gasteiger partial charge in [0.15, 0.2) is 0 Å². The first kappa shape index (κ1) is 15.8. The van der Waals surface area contributed by atoms with E-state index in [4.69, 9.17) is 10.5 Å². The zero-order valence-corrected chi connectivity index (χ0v) is 13.0. The standard InChI is InChI=1S/C17H26N2O2/c1-3-21-15-9-7-14(8-10-15)16(20)19-17(12-18)11-5-4-6-13(17)2/h7-10,13H,3-6,11-12,18H2,1-2H3,(H,19,20). The SMILES string of the molecule is CCOc1ccc(C(=O)NC2(CN)CCCCC2C)cc1. The van der Waals surface area contributed by atoms with E-state index in [0.717, 1.165) is 25.0 Å². The molecule has 1 aliphatic rings. The third-order valence-corrected chi connectivity index (χ3v) is 4.61. The fourth-order valence-electron chi connectivity index (χ4n) is 3.12. The number of amides is 1. The normalized spacial score (nSPS) is 25.4. The molecular formula is C17H26N2O2. The molecule has 4 heteroatoms. The second kappa shape index (κ2) is 6.94. The molecule has 2 unspecified atom stereocenters. The Morgan fingerprint density at radius 1 is 1.38 bits per heavy atom. The van der Waals surface area contributed by atoms with E-state index < -0.39 is 0 Å². The number of hydrogen-bond donors (Lipinski definition) is 2. The molecule has 0 saturated heterocycles. The van der Waals surface area contributed by atoms with E-state index in [1.165, 1.54) is 6.42 Å². The average Bonchev–Trinajstić information content (AvgIpc) is 2.50. The van der Waals surface area contributed by atoms with Gasteiger partial charge in [-0.25, -0.2) is 0 Å². The van der Waals surface area contributed by atoms with Crippen LogP contribution in [0.3, 0.4) is 0 Å². The number of nitrogens with two attached hydrogens (primary N) is 1. The monoisotopic (exact) mass is 290 g/mol. The van der Waals surface area contributed by atoms with Crippen LogP contribution in [0.15, 0.2) is 24.3 Å². The molecule has 1 aromatic carbocycles. The first-order valence-electron chi connectivity index (χ1n) is 7.87. The second-order valence-corrected chi connectivity index (χ2v) is 5.92. The van der Waals surface area contributed by atoms with Crippen molar-refractivity contribution >= 4 is 5.91 Å². The molecule has 3 N–H and O–H groups in total. The Balaban J connectivity index is 2.08. The smallest absolute Gasteiger partial charge is 0.251 e. The Kier molecular flexibility index (Phi) is 5.23. The zero-order valence-electron chi connectivity index (χ0n) is 13.0. The number of ether oxygens (including phenoxy) is 1. The summed E-state index contributed by atoms with van der Waals surface area (Å²) in [7, 11) is 0. The average molecular weight is 290 g/mol. The van der Waals surface area contributed by atoms with Gasteiger partial charge in [0, 0.05) is 12.1 Å². The second-order valence-electron chi connectivity index (χ2n) is 5.92. The zero-order chi connectivity index (χ0) is 15.3. The Hall–Kier alpha value is -1.55. The molecule has 1 amide bonds. The molecule has 0 radical (unpaired) electrons. The van der Waals surface area contributed by atoms with Crippen LogP contribution in [0.2, 0.25) is 0 Å². The Morgan fingerprint density at radius 2 is 2.10 bits per heavy atom. The lowest BCUT2D eigenvalue weighted by atomic mass is 9.73. The molecule has 2 rings (SSSR count). The molecule has 1 aliphatic carbocycles. The summed E-state index contributed by atoms with van der Waals surface area (Å²) in [5.74, 6) is 1.16. The van der Waals surface area contributed by atoms with E-state index in [9.17, 15) is 4.79 Å². The molecule has 0 spiro atoms. The third-order valence-electron chi connectivity index (χ3n) is 4.61. The van der Waals surface area contributed by atoms with Crippen LogP contribution in [0, 0.1) is 5.92 Å². The van der Waals surface area contributed by atoms with Crippen LogP contribution in [0.5, 0.6) is 5.75 Å². The molecule has 21 heavy (non-hydrogen) atoms. The van der Waals surface area contributed by atoms with Crippen molar-refractivity contribution in [3.8, 4) is 5.75 Å². The molecule has 1 aromatic rings. The maximum absolute atomic E-state index is 12.5. The molecule has 0 aliphatic heterocycles. The van der Waals surface area contributed by atoms with Gasteiger partial charge in [-0.15, -0.1) is 0 Å². The molecular weight excluding hydrogens is 264 g/mol. The van der Waals surface area contributed by atoms with Gasteiger partial charge in [-0.1, -0.05) is 19.8 Å². The van der Waals surface area contributed by atoms with E-state index in [0.29, 0.717) is 24.6 Å². The first-order valence-corrected chi connectivity index (χ1v) is 7.87. The van der Waals surface area contributed by atoms with Crippen molar-refractivity contribution in [1.29, 1.82) is 0 Å². The van der Waals surface area contributed by atoms with Crippen molar-refractivity contribution in [2.24, 2.45) is 11.7 Å². The van der Waals surface area contributed by atoms with Gasteiger partial charge >= 0.3 is 0 Å². The highest BCUT2D eigenvalue weighted by Gasteiger charge is 2.38. The predicted molar refractivity (Wildman–Crippen MR) is 84.5 cm³/mol. The van der Waals surface area contributed by atoms with Crippen LogP contribution in [0.25, 0.3) is 0 Å². The van der Waals surface area contributed by atoms with Gasteiger partial charge in [0.1, 0.15) is 5.75 Å². The summed E-state index contributed by atoms with van der Waals surface area (Å²) in [5.41, 5.74) is 6.38. The van der Waals surface area contributed by atoms with Gasteiger partial charge in [-0.2, -0.15) is 0 Å². The molecule has 0 heterocycles. The van der Waals surface area contributed by atoms with Crippen molar-refractivity contribution in [2.75, 3.05) is 13.2 Å². The van der Waals surface area contributed by atoms with Gasteiger partial charge in [-0.05, 0) is 49.9 Å². The minimum Gasteiger partial charge on any atom is -0.494 e. The molecule has 2 atom stereocenters. The maximum Gasteiger partial charge on any atom is 0.251 e. The van der Waals surface area contributed by atoms with Crippen LogP contribution < -0.4 is 15.8 Å². The summed E-state index contributed by atoms with van der Waals surface area (Å²) in [6.07, 6.45) is 4.45. The number of carbonyl (C=O) groups is 1. The number of rotatable bonds is 5. The lowest BCUT2D eigenvalue weighted by Crippen LogP contribution is -2.59. The van der Waals surface area contributed by atoms with Crippen LogP contribution in [0.1, 0.15) is 49.9 Å². The van der Waals surface area contributed by atoms with Crippen molar-refractivity contribution in [3.63, 3.8) is 0 Å². The van der Waals surface area contributed by atoms with Crippen LogP contribution in [-0.2, 0) is 0 Å². The van der Waals surface area contributed by atoms with E-state index in [2.05, 4.69) is 12.2 Å². The minimum absolute atomic E-state index is 0.0442. The van der Waals surface area contributed by atoms with Gasteiger partial charge in [-0.3, -0.25) is 4.79 Å². The fourth-order valence-corrected chi connectivity index (χ4v) is 3.12. The number of hydrogen-bond acceptors (Lipinski definition) is 3. The molecule has 116 valence electrons. The fraction of sp³-hybridized carbons (Fsp3) is 0.588. The largest absolute Gasteiger partial charge is 0.494 e. The van der Waals surface area contributed by atoms with Crippen LogP contribution in [-0.4, -0.2) is 24.6 Å². The molecule has 4 nitrogen and oxygen atoms in total. The van der Waals surface area contributed by atoms with Crippen molar-refractivity contribution in [3.05, 3.63) is 29.8 Å². The van der Waals surface area contributed by atoms with E-state index >= 15 is 0 Å². The van der Waals surface area contributed by atoms with Gasteiger partial charge in [0.25, 0.3) is 5.91 Å². The highest BCUT2D eigenvalue weighted by atomic mass is 16.5. The van der Waals surface area contributed by atoms with Crippen LogP contribution >= 0.6 is 0 Å². The maximum atomic E-state index is 12.5. The van der Waals surface area contributed by atoms with E-state index in [-0.39, 0.29) is 11.4 Å². The van der Waals surface area contributed by atoms with E-state index in [1.54, 1.807) is 12.1 Å². The lowest BCUT2D eigenvalue weighted by molar-refractivity contribution is 0.0813. The summed E-state index contributed by atoms with van der Waals surface area (Å²) in [5, 5.41) is 3.19. The predicted octanol–water partition coefficient (Wildman–Crippen LogP) is 2.72. The molecule has 1 saturated carbocycles. The van der Waals surface area contributed by atoms with E-state index in [1.807, 2.05) is 19.1 Å². The Labute approximate surface area is 127 Å². The topological polar surface area (TPSA) is 64.3 Å². The quantitative estimate of drug-likeness (QED) is 0.876. The summed E-state index contributed by atoms with van der Waals surface area (Å²) in [4.78, 5) is 12.5. The van der Waals surface area contributed by atoms with Gasteiger partial charge in [0.05, 0.1) is 12.1 Å². The molecule has 1 fully saturated rings. The minimum atomic E-state index is -0.256. The highest BCUT2D eigenvalue weighted by molar-refractivity contribution is 5.94. The summed E-state index contributed by atoms with van der Waals surface area (Å²) in [6.45, 7) is 5.25. The van der Waals surface area contributed by atoms with Crippen molar-refractivity contribution in [1.82, 2.24) is 5.32 Å². The molecule has 0 aromatic heterocycles.